The van der Waals surface area contributed by atoms with Gasteiger partial charge in [-0.2, -0.15) is 4.37 Å². The predicted molar refractivity (Wildman–Crippen MR) is 69.1 cm³/mol. The molecule has 0 bridgehead atoms. The maximum atomic E-state index is 9.68. The van der Waals surface area contributed by atoms with Crippen LogP contribution < -0.4 is 10.1 Å². The lowest BCUT2D eigenvalue weighted by Crippen LogP contribution is -2.42. The lowest BCUT2D eigenvalue weighted by Gasteiger charge is -2.22. The highest BCUT2D eigenvalue weighted by molar-refractivity contribution is 9.10. The van der Waals surface area contributed by atoms with Gasteiger partial charge >= 0.3 is 0 Å². The van der Waals surface area contributed by atoms with Gasteiger partial charge in [0.1, 0.15) is 12.7 Å². The average molecular weight is 309 g/mol. The first kappa shape index (κ1) is 13.9. The van der Waals surface area contributed by atoms with Crippen molar-refractivity contribution in [1.82, 2.24) is 9.69 Å². The second-order valence-electron chi connectivity index (χ2n) is 4.56. The number of nitrogens with zero attached hydrogens (tertiary/aromatic N) is 1. The maximum absolute atomic E-state index is 9.68. The van der Waals surface area contributed by atoms with Crippen LogP contribution in [0.3, 0.4) is 0 Å². The fourth-order valence-corrected chi connectivity index (χ4v) is 2.03. The summed E-state index contributed by atoms with van der Waals surface area (Å²) in [7, 11) is 0. The molecule has 92 valence electrons. The molecule has 0 aliphatic carbocycles. The molecule has 0 amide bonds. The largest absolute Gasteiger partial charge is 0.473 e. The number of aliphatic hydroxyl groups is 1. The third-order valence-electron chi connectivity index (χ3n) is 1.78. The zero-order chi connectivity index (χ0) is 12.2. The number of hydrogen-bond donors (Lipinski definition) is 2. The Morgan fingerprint density at radius 2 is 2.31 bits per heavy atom. The van der Waals surface area contributed by atoms with Gasteiger partial charge in [-0.25, -0.2) is 0 Å². The molecule has 1 aromatic rings. The Bertz CT molecular complexity index is 325. The van der Waals surface area contributed by atoms with Crippen molar-refractivity contribution in [2.75, 3.05) is 13.2 Å². The minimum absolute atomic E-state index is 0.00218. The number of aromatic nitrogens is 1. The summed E-state index contributed by atoms with van der Waals surface area (Å²) < 4.78 is 10.2. The molecule has 0 aromatic carbocycles. The molecule has 0 spiro atoms. The van der Waals surface area contributed by atoms with Gasteiger partial charge in [-0.3, -0.25) is 0 Å². The molecule has 16 heavy (non-hydrogen) atoms. The summed E-state index contributed by atoms with van der Waals surface area (Å²) >= 11 is 4.63. The van der Waals surface area contributed by atoms with Gasteiger partial charge in [0, 0.05) is 17.5 Å². The maximum Gasteiger partial charge on any atom is 0.239 e. The third-order valence-corrected chi connectivity index (χ3v) is 3.26. The zero-order valence-corrected chi connectivity index (χ0v) is 12.1. The first-order valence-corrected chi connectivity index (χ1v) is 6.67. The van der Waals surface area contributed by atoms with E-state index < -0.39 is 6.10 Å². The van der Waals surface area contributed by atoms with Gasteiger partial charge in [0.05, 0.1) is 4.47 Å². The fraction of sp³-hybridized carbons (Fsp3) is 0.700. The van der Waals surface area contributed by atoms with E-state index in [1.807, 2.05) is 5.38 Å². The summed E-state index contributed by atoms with van der Waals surface area (Å²) in [5.74, 6) is 0.541. The topological polar surface area (TPSA) is 54.4 Å². The standard InChI is InChI=1S/C10H17BrN2O2S/c1-10(2,3)12-4-7(14)5-15-9-8(11)6-16-13-9/h6-7,12,14H,4-5H2,1-3H3/t7-/m0/s1. The van der Waals surface area contributed by atoms with Crippen molar-refractivity contribution in [3.05, 3.63) is 9.85 Å². The first-order chi connectivity index (χ1) is 7.38. The Morgan fingerprint density at radius 1 is 1.62 bits per heavy atom. The quantitative estimate of drug-likeness (QED) is 0.874. The number of β-amino-alcohol motifs (C(OH)–C–C–N with tert-alkyl or cyclic N) is 1. The van der Waals surface area contributed by atoms with E-state index in [1.165, 1.54) is 11.5 Å². The second-order valence-corrected chi connectivity index (χ2v) is 6.05. The summed E-state index contributed by atoms with van der Waals surface area (Å²) in [6, 6.07) is 0. The highest BCUT2D eigenvalue weighted by Gasteiger charge is 2.13. The van der Waals surface area contributed by atoms with Crippen LogP contribution in [-0.2, 0) is 0 Å². The normalized spacial score (nSPS) is 13.8. The molecule has 1 atom stereocenters. The summed E-state index contributed by atoms with van der Waals surface area (Å²) in [5, 5.41) is 14.7. The molecule has 1 heterocycles. The van der Waals surface area contributed by atoms with Gasteiger partial charge in [-0.15, -0.1) is 0 Å². The minimum atomic E-state index is -0.534. The van der Waals surface area contributed by atoms with Crippen LogP contribution in [0.1, 0.15) is 20.8 Å². The van der Waals surface area contributed by atoms with E-state index in [4.69, 9.17) is 4.74 Å². The van der Waals surface area contributed by atoms with Gasteiger partial charge in [0.2, 0.25) is 5.88 Å². The number of hydrogen-bond acceptors (Lipinski definition) is 5. The van der Waals surface area contributed by atoms with Crippen LogP contribution in [0, 0.1) is 0 Å². The molecule has 1 rings (SSSR count). The van der Waals surface area contributed by atoms with Crippen molar-refractivity contribution in [1.29, 1.82) is 0 Å². The summed E-state index contributed by atoms with van der Waals surface area (Å²) in [6.45, 7) is 6.91. The lowest BCUT2D eigenvalue weighted by molar-refractivity contribution is 0.0979. The van der Waals surface area contributed by atoms with Crippen LogP contribution in [-0.4, -0.2) is 34.3 Å². The molecule has 0 radical (unpaired) electrons. The zero-order valence-electron chi connectivity index (χ0n) is 9.66. The van der Waals surface area contributed by atoms with Crippen molar-refractivity contribution >= 4 is 27.5 Å². The van der Waals surface area contributed by atoms with Crippen LogP contribution >= 0.6 is 27.5 Å². The molecular formula is C10H17BrN2O2S. The van der Waals surface area contributed by atoms with Crippen LogP contribution in [0.15, 0.2) is 9.85 Å². The van der Waals surface area contributed by atoms with Crippen molar-refractivity contribution < 1.29 is 9.84 Å². The Labute approximate surface area is 108 Å². The SMILES string of the molecule is CC(C)(C)NC[C@H](O)COc1nscc1Br. The average Bonchev–Trinajstić information content (AvgIpc) is 2.57. The molecule has 6 heteroatoms. The van der Waals surface area contributed by atoms with Crippen LogP contribution in [0.4, 0.5) is 0 Å². The number of halogens is 1. The number of ether oxygens (including phenoxy) is 1. The van der Waals surface area contributed by atoms with E-state index in [0.29, 0.717) is 12.4 Å². The molecule has 0 aliphatic heterocycles. The fourth-order valence-electron chi connectivity index (χ4n) is 0.968. The Balaban J connectivity index is 2.25. The molecule has 2 N–H and O–H groups in total. The molecular weight excluding hydrogens is 292 g/mol. The molecule has 1 aromatic heterocycles. The van der Waals surface area contributed by atoms with Crippen molar-refractivity contribution in [3.63, 3.8) is 0 Å². The van der Waals surface area contributed by atoms with Crippen molar-refractivity contribution in [2.45, 2.75) is 32.4 Å². The monoisotopic (exact) mass is 308 g/mol. The van der Waals surface area contributed by atoms with Gasteiger partial charge in [-0.1, -0.05) is 0 Å². The molecule has 0 fully saturated rings. The highest BCUT2D eigenvalue weighted by atomic mass is 79.9. The summed E-state index contributed by atoms with van der Waals surface area (Å²) in [6.07, 6.45) is -0.534. The first-order valence-electron chi connectivity index (χ1n) is 5.04. The summed E-state index contributed by atoms with van der Waals surface area (Å²) in [5.41, 5.74) is 0.00218. The number of nitrogens with one attached hydrogen (secondary N) is 1. The van der Waals surface area contributed by atoms with Gasteiger partial charge in [0.15, 0.2) is 0 Å². The second kappa shape index (κ2) is 5.95. The van der Waals surface area contributed by atoms with Crippen LogP contribution in [0.5, 0.6) is 5.88 Å². The van der Waals surface area contributed by atoms with Crippen LogP contribution in [0.2, 0.25) is 0 Å². The number of rotatable bonds is 5. The van der Waals surface area contributed by atoms with Gasteiger partial charge in [-0.05, 0) is 48.2 Å². The molecule has 0 unspecified atom stereocenters. The molecule has 0 saturated heterocycles. The van der Waals surface area contributed by atoms with E-state index in [-0.39, 0.29) is 12.1 Å². The van der Waals surface area contributed by atoms with Crippen LogP contribution in [0.25, 0.3) is 0 Å². The van der Waals surface area contributed by atoms with E-state index in [2.05, 4.69) is 46.4 Å². The molecule has 0 saturated carbocycles. The lowest BCUT2D eigenvalue weighted by atomic mass is 10.1. The Hall–Kier alpha value is -0.170. The summed E-state index contributed by atoms with van der Waals surface area (Å²) in [4.78, 5) is 0. The van der Waals surface area contributed by atoms with Gasteiger partial charge in [0.25, 0.3) is 0 Å². The predicted octanol–water partition coefficient (Wildman–Crippen LogP) is 2.03. The van der Waals surface area contributed by atoms with E-state index >= 15 is 0 Å². The highest BCUT2D eigenvalue weighted by Crippen LogP contribution is 2.24. The smallest absolute Gasteiger partial charge is 0.239 e. The van der Waals surface area contributed by atoms with Crippen molar-refractivity contribution in [2.24, 2.45) is 0 Å². The molecule has 0 aliphatic rings. The third kappa shape index (κ3) is 5.25. The molecule has 4 nitrogen and oxygen atoms in total. The van der Waals surface area contributed by atoms with E-state index in [9.17, 15) is 5.11 Å². The Morgan fingerprint density at radius 3 is 2.81 bits per heavy atom. The minimum Gasteiger partial charge on any atom is -0.473 e. The Kier molecular flexibility index (Phi) is 5.17. The number of aliphatic hydroxyl groups excluding tert-OH is 1. The van der Waals surface area contributed by atoms with Crippen molar-refractivity contribution in [3.8, 4) is 5.88 Å². The van der Waals surface area contributed by atoms with Gasteiger partial charge < -0.3 is 15.2 Å². The van der Waals surface area contributed by atoms with E-state index in [0.717, 1.165) is 4.47 Å². The van der Waals surface area contributed by atoms with E-state index in [1.54, 1.807) is 0 Å².